The van der Waals surface area contributed by atoms with Gasteiger partial charge >= 0.3 is 0 Å². The molecular weight excluding hydrogens is 500 g/mol. The van der Waals surface area contributed by atoms with E-state index in [-0.39, 0.29) is 0 Å². The maximum absolute atomic E-state index is 6.20. The molecule has 182 valence electrons. The van der Waals surface area contributed by atoms with Gasteiger partial charge in [0.05, 0.1) is 44.2 Å². The van der Waals surface area contributed by atoms with E-state index in [1.54, 1.807) is 43.4 Å². The Labute approximate surface area is 213 Å². The number of rotatable bonds is 8. The van der Waals surface area contributed by atoms with Crippen molar-refractivity contribution in [1.82, 2.24) is 19.6 Å². The van der Waals surface area contributed by atoms with Gasteiger partial charge in [0, 0.05) is 17.5 Å². The molecule has 36 heavy (non-hydrogen) atoms. The third-order valence-electron chi connectivity index (χ3n) is 5.53. The van der Waals surface area contributed by atoms with Crippen molar-refractivity contribution in [3.63, 3.8) is 0 Å². The Bertz CT molecular complexity index is 1650. The fraction of sp³-hybridized carbons (Fsp3) is 0.160. The molecule has 0 saturated heterocycles. The Balaban J connectivity index is 1.29. The summed E-state index contributed by atoms with van der Waals surface area (Å²) < 4.78 is 30.1. The predicted molar refractivity (Wildman–Crippen MR) is 138 cm³/mol. The summed E-state index contributed by atoms with van der Waals surface area (Å²) in [4.78, 5) is 10.1. The molecule has 6 rings (SSSR count). The molecule has 0 aliphatic heterocycles. The minimum Gasteiger partial charge on any atom is -0.496 e. The molecule has 6 aromatic rings. The van der Waals surface area contributed by atoms with Gasteiger partial charge in [0.1, 0.15) is 40.1 Å². The summed E-state index contributed by atoms with van der Waals surface area (Å²) in [6.45, 7) is 0.290. The number of para-hydroxylation sites is 1. The van der Waals surface area contributed by atoms with Gasteiger partial charge < -0.3 is 23.4 Å². The van der Waals surface area contributed by atoms with Gasteiger partial charge in [-0.05, 0) is 29.5 Å². The molecule has 0 saturated carbocycles. The second-order valence-corrected chi connectivity index (χ2v) is 9.48. The lowest BCUT2D eigenvalue weighted by Gasteiger charge is -2.08. The number of aromatic nitrogens is 4. The van der Waals surface area contributed by atoms with Crippen molar-refractivity contribution in [1.29, 1.82) is 0 Å². The first kappa shape index (κ1) is 22.4. The molecule has 0 aliphatic carbocycles. The zero-order valence-electron chi connectivity index (χ0n) is 19.5. The van der Waals surface area contributed by atoms with E-state index < -0.39 is 0 Å². The number of ether oxygens (including phenoxy) is 4. The van der Waals surface area contributed by atoms with Crippen LogP contribution in [0.25, 0.3) is 38.0 Å². The Morgan fingerprint density at radius 3 is 2.67 bits per heavy atom. The van der Waals surface area contributed by atoms with E-state index >= 15 is 0 Å². The summed E-state index contributed by atoms with van der Waals surface area (Å²) >= 11 is 2.90. The van der Waals surface area contributed by atoms with Crippen molar-refractivity contribution in [3.05, 3.63) is 59.7 Å². The van der Waals surface area contributed by atoms with Crippen molar-refractivity contribution in [2.24, 2.45) is 0 Å². The third kappa shape index (κ3) is 4.01. The fourth-order valence-electron chi connectivity index (χ4n) is 3.80. The van der Waals surface area contributed by atoms with Crippen molar-refractivity contribution < 1.29 is 23.4 Å². The first-order valence-electron chi connectivity index (χ1n) is 10.9. The number of hydrogen-bond donors (Lipinski definition) is 0. The van der Waals surface area contributed by atoms with Gasteiger partial charge in [-0.15, -0.1) is 16.4 Å². The molecule has 2 aromatic carbocycles. The van der Waals surface area contributed by atoms with E-state index in [1.165, 1.54) is 11.3 Å². The number of methoxy groups -OCH3 is 3. The van der Waals surface area contributed by atoms with Crippen LogP contribution in [0.5, 0.6) is 22.4 Å². The minimum atomic E-state index is 0.290. The average Bonchev–Trinajstić information content (AvgIpc) is 3.69. The smallest absolute Gasteiger partial charge is 0.294 e. The third-order valence-corrected chi connectivity index (χ3v) is 7.33. The van der Waals surface area contributed by atoms with E-state index in [0.29, 0.717) is 45.3 Å². The highest BCUT2D eigenvalue weighted by atomic mass is 32.1. The van der Waals surface area contributed by atoms with E-state index in [0.717, 1.165) is 27.4 Å². The van der Waals surface area contributed by atoms with Crippen molar-refractivity contribution in [3.8, 4) is 44.5 Å². The quantitative estimate of drug-likeness (QED) is 0.244. The van der Waals surface area contributed by atoms with Crippen LogP contribution < -0.4 is 18.9 Å². The zero-order chi connectivity index (χ0) is 24.6. The molecule has 0 aliphatic rings. The lowest BCUT2D eigenvalue weighted by molar-refractivity contribution is 0.303. The Morgan fingerprint density at radius 1 is 0.972 bits per heavy atom. The summed E-state index contributed by atoms with van der Waals surface area (Å²) in [6.07, 6.45) is 1.80. The van der Waals surface area contributed by atoms with Gasteiger partial charge in [-0.3, -0.25) is 0 Å². The number of fused-ring (bicyclic) bond motifs is 2. The van der Waals surface area contributed by atoms with Crippen LogP contribution in [0.2, 0.25) is 0 Å². The molecule has 0 spiro atoms. The summed E-state index contributed by atoms with van der Waals surface area (Å²) in [5, 5.41) is 8.54. The molecule has 0 radical (unpaired) electrons. The van der Waals surface area contributed by atoms with Gasteiger partial charge in [-0.25, -0.2) is 14.5 Å². The lowest BCUT2D eigenvalue weighted by atomic mass is 10.2. The number of nitrogens with zero attached hydrogens (tertiary/aromatic N) is 4. The standard InChI is InChI=1S/C25H20N4O5S2/c1-30-15-8-20(33-12-14-13-35-23(26-14)16-6-4-5-7-19(16)31-2)17-10-22(34-21(17)9-15)18-11-29-24(27-18)36-25(28-29)32-3/h4-11,13H,12H2,1-3H3. The molecule has 0 unspecified atom stereocenters. The Kier molecular flexibility index (Phi) is 5.70. The predicted octanol–water partition coefficient (Wildman–Crippen LogP) is 5.93. The van der Waals surface area contributed by atoms with Gasteiger partial charge in [0.2, 0.25) is 4.96 Å². The molecule has 0 fully saturated rings. The number of furan rings is 1. The molecular formula is C25H20N4O5S2. The van der Waals surface area contributed by atoms with Crippen LogP contribution in [0, 0.1) is 0 Å². The largest absolute Gasteiger partial charge is 0.496 e. The zero-order valence-corrected chi connectivity index (χ0v) is 21.2. The molecule has 11 heteroatoms. The number of imidazole rings is 1. The first-order valence-corrected chi connectivity index (χ1v) is 12.6. The second kappa shape index (κ2) is 9.17. The van der Waals surface area contributed by atoms with Crippen LogP contribution >= 0.6 is 22.7 Å². The maximum atomic E-state index is 6.20. The van der Waals surface area contributed by atoms with Gasteiger partial charge in [0.25, 0.3) is 5.19 Å². The highest BCUT2D eigenvalue weighted by Gasteiger charge is 2.18. The van der Waals surface area contributed by atoms with Gasteiger partial charge in [-0.1, -0.05) is 12.1 Å². The first-order chi connectivity index (χ1) is 17.6. The SMILES string of the molecule is COc1cc(OCc2csc(-c3ccccc3OC)n2)c2cc(-c3cn4nc(OC)sc4n3)oc2c1. The minimum absolute atomic E-state index is 0.290. The molecule has 4 aromatic heterocycles. The summed E-state index contributed by atoms with van der Waals surface area (Å²) in [7, 11) is 4.85. The van der Waals surface area contributed by atoms with E-state index in [2.05, 4.69) is 10.1 Å². The van der Waals surface area contributed by atoms with E-state index in [1.807, 2.05) is 47.8 Å². The number of hydrogen-bond acceptors (Lipinski definition) is 10. The monoisotopic (exact) mass is 520 g/mol. The number of thiazole rings is 1. The van der Waals surface area contributed by atoms with Crippen molar-refractivity contribution in [2.75, 3.05) is 21.3 Å². The van der Waals surface area contributed by atoms with Crippen LogP contribution in [0.3, 0.4) is 0 Å². The molecule has 0 bridgehead atoms. The Morgan fingerprint density at radius 2 is 1.86 bits per heavy atom. The molecule has 9 nitrogen and oxygen atoms in total. The average molecular weight is 521 g/mol. The van der Waals surface area contributed by atoms with Crippen molar-refractivity contribution in [2.45, 2.75) is 6.61 Å². The second-order valence-electron chi connectivity index (χ2n) is 7.71. The summed E-state index contributed by atoms with van der Waals surface area (Å²) in [5.74, 6) is 2.65. The van der Waals surface area contributed by atoms with Crippen molar-refractivity contribution >= 4 is 38.6 Å². The fourth-order valence-corrected chi connectivity index (χ4v) is 5.33. The maximum Gasteiger partial charge on any atom is 0.294 e. The van der Waals surface area contributed by atoms with Crippen LogP contribution in [0.15, 0.2) is 58.5 Å². The van der Waals surface area contributed by atoms with Crippen LogP contribution in [0.4, 0.5) is 0 Å². The van der Waals surface area contributed by atoms with E-state index in [4.69, 9.17) is 28.3 Å². The molecule has 0 N–H and O–H groups in total. The lowest BCUT2D eigenvalue weighted by Crippen LogP contribution is -1.97. The molecule has 0 atom stereocenters. The highest BCUT2D eigenvalue weighted by molar-refractivity contribution is 7.18. The Hall–Kier alpha value is -4.09. The van der Waals surface area contributed by atoms with Crippen LogP contribution in [0.1, 0.15) is 5.69 Å². The van der Waals surface area contributed by atoms with Crippen LogP contribution in [-0.2, 0) is 6.61 Å². The van der Waals surface area contributed by atoms with Crippen LogP contribution in [-0.4, -0.2) is 40.9 Å². The number of benzene rings is 2. The molecule has 4 heterocycles. The topological polar surface area (TPSA) is 93.1 Å². The van der Waals surface area contributed by atoms with E-state index in [9.17, 15) is 0 Å². The molecule has 0 amide bonds. The van der Waals surface area contributed by atoms with Gasteiger partial charge in [0.15, 0.2) is 5.76 Å². The summed E-state index contributed by atoms with van der Waals surface area (Å²) in [6, 6.07) is 13.4. The van der Waals surface area contributed by atoms with Gasteiger partial charge in [-0.2, -0.15) is 0 Å². The summed E-state index contributed by atoms with van der Waals surface area (Å²) in [5.41, 5.74) is 3.06. The normalized spacial score (nSPS) is 11.3. The highest BCUT2D eigenvalue weighted by Crippen LogP contribution is 2.38.